The first-order valence-corrected chi connectivity index (χ1v) is 10.3. The molecule has 1 aromatic carbocycles. The Balaban J connectivity index is 1.61. The second-order valence-corrected chi connectivity index (χ2v) is 7.68. The fraction of sp³-hybridized carbons (Fsp3) is 0.409. The Labute approximate surface area is 176 Å². The number of nitrogens with two attached hydrogens (primary N) is 1. The Morgan fingerprint density at radius 3 is 2.83 bits per heavy atom. The molecular weight excluding hydrogens is 380 g/mol. The summed E-state index contributed by atoms with van der Waals surface area (Å²) in [6.07, 6.45) is 8.20. The summed E-state index contributed by atoms with van der Waals surface area (Å²) in [5, 5.41) is 20.7. The summed E-state index contributed by atoms with van der Waals surface area (Å²) in [6.45, 7) is 5.79. The largest absolute Gasteiger partial charge is 0.404 e. The second-order valence-electron chi connectivity index (χ2n) is 7.68. The standard InChI is InChI=1S/C22H30N6O2/c1-15(14-29)25-22(30)17-7-9-19(10-8-17)26-16(2)27-21(11-12-23)28-20-6-4-3-5-18(20)13-24-28/h3-6,11-13,15,17,19,26,29H,2,7-10,14,23H2,1H3,(H,25,30)/b12-11-,27-21?/t15-,17?,19?/m1/s1. The number of rotatable bonds is 7. The van der Waals surface area contributed by atoms with E-state index in [2.05, 4.69) is 27.3 Å². The number of aliphatic hydroxyl groups is 1. The number of amides is 1. The van der Waals surface area contributed by atoms with Gasteiger partial charge in [-0.05, 0) is 50.9 Å². The van der Waals surface area contributed by atoms with Crippen molar-refractivity contribution in [3.8, 4) is 0 Å². The van der Waals surface area contributed by atoms with Crippen molar-refractivity contribution in [3.05, 3.63) is 55.1 Å². The highest BCUT2D eigenvalue weighted by atomic mass is 16.3. The zero-order valence-corrected chi connectivity index (χ0v) is 17.3. The molecule has 1 aromatic heterocycles. The minimum atomic E-state index is -0.213. The van der Waals surface area contributed by atoms with E-state index < -0.39 is 0 Å². The van der Waals surface area contributed by atoms with Crippen LogP contribution in [-0.2, 0) is 4.79 Å². The molecule has 2 aromatic rings. The predicted octanol–water partition coefficient (Wildman–Crippen LogP) is 1.87. The molecule has 30 heavy (non-hydrogen) atoms. The van der Waals surface area contributed by atoms with E-state index in [1.165, 1.54) is 6.20 Å². The van der Waals surface area contributed by atoms with Crippen molar-refractivity contribution in [1.29, 1.82) is 0 Å². The van der Waals surface area contributed by atoms with Crippen LogP contribution in [0.15, 0.2) is 60.1 Å². The van der Waals surface area contributed by atoms with Gasteiger partial charge >= 0.3 is 0 Å². The number of carbonyl (C=O) groups is 1. The van der Waals surface area contributed by atoms with Crippen LogP contribution < -0.4 is 16.4 Å². The molecule has 1 atom stereocenters. The van der Waals surface area contributed by atoms with Crippen molar-refractivity contribution in [2.24, 2.45) is 16.6 Å². The maximum atomic E-state index is 12.2. The van der Waals surface area contributed by atoms with Crippen molar-refractivity contribution < 1.29 is 9.90 Å². The zero-order valence-electron chi connectivity index (χ0n) is 17.3. The molecule has 0 bridgehead atoms. The van der Waals surface area contributed by atoms with Gasteiger partial charge in [-0.3, -0.25) is 4.79 Å². The smallest absolute Gasteiger partial charge is 0.223 e. The van der Waals surface area contributed by atoms with E-state index in [0.717, 1.165) is 36.6 Å². The van der Waals surface area contributed by atoms with Gasteiger partial charge in [-0.15, -0.1) is 0 Å². The van der Waals surface area contributed by atoms with Crippen LogP contribution in [0, 0.1) is 5.92 Å². The zero-order chi connectivity index (χ0) is 21.5. The van der Waals surface area contributed by atoms with Crippen molar-refractivity contribution >= 4 is 22.6 Å². The highest BCUT2D eigenvalue weighted by molar-refractivity contribution is 6.00. The fourth-order valence-electron chi connectivity index (χ4n) is 3.71. The molecular formula is C22H30N6O2. The van der Waals surface area contributed by atoms with Crippen LogP contribution in [0.4, 0.5) is 0 Å². The van der Waals surface area contributed by atoms with Gasteiger partial charge < -0.3 is 21.5 Å². The van der Waals surface area contributed by atoms with Gasteiger partial charge in [0.25, 0.3) is 0 Å². The Hall–Kier alpha value is -3.13. The van der Waals surface area contributed by atoms with Crippen molar-refractivity contribution in [2.75, 3.05) is 6.61 Å². The highest BCUT2D eigenvalue weighted by Crippen LogP contribution is 2.25. The number of aromatic nitrogens is 2. The lowest BCUT2D eigenvalue weighted by Crippen LogP contribution is -2.42. The topological polar surface area (TPSA) is 118 Å². The van der Waals surface area contributed by atoms with E-state index in [1.807, 2.05) is 24.3 Å². The van der Waals surface area contributed by atoms with Crippen LogP contribution in [0.2, 0.25) is 0 Å². The Morgan fingerprint density at radius 2 is 2.13 bits per heavy atom. The number of hydrogen-bond donors (Lipinski definition) is 4. The lowest BCUT2D eigenvalue weighted by atomic mass is 9.85. The summed E-state index contributed by atoms with van der Waals surface area (Å²) in [5.41, 5.74) is 6.56. The number of allylic oxidation sites excluding steroid dienone is 1. The number of nitrogens with zero attached hydrogens (tertiary/aromatic N) is 3. The van der Waals surface area contributed by atoms with Crippen LogP contribution in [0.25, 0.3) is 10.9 Å². The van der Waals surface area contributed by atoms with E-state index in [0.29, 0.717) is 11.7 Å². The van der Waals surface area contributed by atoms with Gasteiger partial charge in [0, 0.05) is 23.4 Å². The maximum absolute atomic E-state index is 12.2. The molecule has 1 heterocycles. The minimum Gasteiger partial charge on any atom is -0.404 e. The predicted molar refractivity (Wildman–Crippen MR) is 119 cm³/mol. The molecule has 0 spiro atoms. The number of aliphatic hydroxyl groups excluding tert-OH is 1. The number of aliphatic imine (C=N–C) groups is 1. The lowest BCUT2D eigenvalue weighted by molar-refractivity contribution is -0.126. The SMILES string of the molecule is C=C(N=C(/C=C\N)n1ncc2ccccc21)NC1CCC(C(=O)N[C@H](C)CO)CC1. The highest BCUT2D eigenvalue weighted by Gasteiger charge is 2.27. The summed E-state index contributed by atoms with van der Waals surface area (Å²) < 4.78 is 1.73. The monoisotopic (exact) mass is 410 g/mol. The quantitative estimate of drug-likeness (QED) is 0.411. The molecule has 0 saturated heterocycles. The molecule has 1 amide bonds. The van der Waals surface area contributed by atoms with Crippen LogP contribution in [-0.4, -0.2) is 45.3 Å². The van der Waals surface area contributed by atoms with Gasteiger partial charge in [0.15, 0.2) is 5.84 Å². The average molecular weight is 411 g/mol. The minimum absolute atomic E-state index is 0.0139. The van der Waals surface area contributed by atoms with Gasteiger partial charge in [0.1, 0.15) is 5.82 Å². The number of fused-ring (bicyclic) bond motifs is 1. The second kappa shape index (κ2) is 10.1. The van der Waals surface area contributed by atoms with E-state index in [4.69, 9.17) is 10.8 Å². The molecule has 1 fully saturated rings. The summed E-state index contributed by atoms with van der Waals surface area (Å²) >= 11 is 0. The summed E-state index contributed by atoms with van der Waals surface area (Å²) in [6, 6.07) is 7.88. The first-order chi connectivity index (χ1) is 14.5. The maximum Gasteiger partial charge on any atom is 0.223 e. The average Bonchev–Trinajstić information content (AvgIpc) is 3.18. The third kappa shape index (κ3) is 5.27. The molecule has 0 unspecified atom stereocenters. The number of benzene rings is 1. The third-order valence-corrected chi connectivity index (χ3v) is 5.32. The molecule has 1 saturated carbocycles. The van der Waals surface area contributed by atoms with Gasteiger partial charge in [0.05, 0.1) is 18.3 Å². The van der Waals surface area contributed by atoms with Crippen molar-refractivity contribution in [3.63, 3.8) is 0 Å². The summed E-state index contributed by atoms with van der Waals surface area (Å²) in [5.74, 6) is 1.11. The molecule has 8 nitrogen and oxygen atoms in total. The summed E-state index contributed by atoms with van der Waals surface area (Å²) in [4.78, 5) is 16.8. The van der Waals surface area contributed by atoms with E-state index in [1.54, 1.807) is 23.9 Å². The number of hydrogen-bond acceptors (Lipinski definition) is 6. The molecule has 8 heteroatoms. The fourth-order valence-corrected chi connectivity index (χ4v) is 3.71. The molecule has 3 rings (SSSR count). The molecule has 0 radical (unpaired) electrons. The van der Waals surface area contributed by atoms with Crippen molar-refractivity contribution in [1.82, 2.24) is 20.4 Å². The van der Waals surface area contributed by atoms with Crippen LogP contribution in [0.1, 0.15) is 32.6 Å². The molecule has 1 aliphatic carbocycles. The number of nitrogens with one attached hydrogen (secondary N) is 2. The Morgan fingerprint density at radius 1 is 1.40 bits per heavy atom. The number of para-hydroxylation sites is 1. The molecule has 1 aliphatic rings. The van der Waals surface area contributed by atoms with Crippen molar-refractivity contribution in [2.45, 2.75) is 44.7 Å². The molecule has 5 N–H and O–H groups in total. The molecule has 160 valence electrons. The molecule has 0 aliphatic heterocycles. The Kier molecular flexibility index (Phi) is 7.24. The van der Waals surface area contributed by atoms with E-state index in [-0.39, 0.29) is 30.5 Å². The van der Waals surface area contributed by atoms with E-state index >= 15 is 0 Å². The van der Waals surface area contributed by atoms with Gasteiger partial charge in [-0.2, -0.15) is 5.10 Å². The lowest BCUT2D eigenvalue weighted by Gasteiger charge is -2.29. The van der Waals surface area contributed by atoms with E-state index in [9.17, 15) is 4.79 Å². The Bertz CT molecular complexity index is 940. The van der Waals surface area contributed by atoms with Crippen LogP contribution in [0.3, 0.4) is 0 Å². The van der Waals surface area contributed by atoms with Crippen LogP contribution in [0.5, 0.6) is 0 Å². The normalized spacial score (nSPS) is 20.9. The first kappa shape index (κ1) is 21.6. The third-order valence-electron chi connectivity index (χ3n) is 5.32. The first-order valence-electron chi connectivity index (χ1n) is 10.3. The number of carbonyl (C=O) groups excluding carboxylic acids is 1. The van der Waals surface area contributed by atoms with Crippen LogP contribution >= 0.6 is 0 Å². The van der Waals surface area contributed by atoms with Gasteiger partial charge in [-0.25, -0.2) is 9.67 Å². The summed E-state index contributed by atoms with van der Waals surface area (Å²) in [7, 11) is 0. The van der Waals surface area contributed by atoms with Gasteiger partial charge in [0.2, 0.25) is 5.91 Å². The van der Waals surface area contributed by atoms with Gasteiger partial charge in [-0.1, -0.05) is 24.8 Å².